The Balaban J connectivity index is 2.38. The average molecular weight is 362 g/mol. The molecule has 19 heavy (non-hydrogen) atoms. The average Bonchev–Trinajstić information content (AvgIpc) is 2.44. The molecule has 0 aliphatic rings. The van der Waals surface area contributed by atoms with Crippen molar-refractivity contribution in [3.8, 4) is 0 Å². The Hall–Kier alpha value is -0.550. The minimum absolute atomic E-state index is 0.0164. The minimum atomic E-state index is -1.03. The van der Waals surface area contributed by atoms with Crippen LogP contribution in [-0.4, -0.2) is 11.4 Å². The molecule has 1 nitrogen and oxygen atoms in total. The maximum absolute atomic E-state index is 14.0. The van der Waals surface area contributed by atoms with Crippen molar-refractivity contribution < 1.29 is 9.50 Å². The van der Waals surface area contributed by atoms with Gasteiger partial charge in [0.05, 0.1) is 5.02 Å². The van der Waals surface area contributed by atoms with Crippen LogP contribution in [0.1, 0.15) is 17.2 Å². The van der Waals surface area contributed by atoms with E-state index in [1.165, 1.54) is 6.07 Å². The van der Waals surface area contributed by atoms with Gasteiger partial charge in [-0.1, -0.05) is 29.8 Å². The third-order valence-electron chi connectivity index (χ3n) is 2.79. The van der Waals surface area contributed by atoms with Gasteiger partial charge < -0.3 is 5.11 Å². The number of hydrogen-bond acceptors (Lipinski definition) is 2. The predicted octanol–water partition coefficient (Wildman–Crippen LogP) is 5.05. The predicted molar refractivity (Wildman–Crippen MR) is 81.4 cm³/mol. The van der Waals surface area contributed by atoms with Crippen LogP contribution in [0.5, 0.6) is 0 Å². The second-order valence-corrected chi connectivity index (χ2v) is 6.05. The molecular weight excluding hydrogens is 351 g/mol. The third kappa shape index (κ3) is 3.14. The van der Waals surface area contributed by atoms with Crippen molar-refractivity contribution in [2.24, 2.45) is 0 Å². The number of thioether (sulfide) groups is 1. The van der Waals surface area contributed by atoms with E-state index in [9.17, 15) is 9.50 Å². The Bertz CT molecular complexity index is 589. The van der Waals surface area contributed by atoms with Crippen molar-refractivity contribution in [2.75, 3.05) is 6.26 Å². The molecule has 0 amide bonds. The van der Waals surface area contributed by atoms with Crippen LogP contribution in [-0.2, 0) is 0 Å². The van der Waals surface area contributed by atoms with E-state index in [0.29, 0.717) is 10.0 Å². The van der Waals surface area contributed by atoms with E-state index < -0.39 is 11.9 Å². The van der Waals surface area contributed by atoms with E-state index in [1.54, 1.807) is 30.0 Å². The van der Waals surface area contributed by atoms with Gasteiger partial charge in [-0.2, -0.15) is 0 Å². The van der Waals surface area contributed by atoms with E-state index in [4.69, 9.17) is 11.6 Å². The summed E-state index contributed by atoms with van der Waals surface area (Å²) in [4.78, 5) is 1.09. The molecule has 1 atom stereocenters. The zero-order chi connectivity index (χ0) is 14.0. The smallest absolute Gasteiger partial charge is 0.149 e. The van der Waals surface area contributed by atoms with Gasteiger partial charge in [-0.15, -0.1) is 11.8 Å². The van der Waals surface area contributed by atoms with Crippen LogP contribution in [0.25, 0.3) is 0 Å². The van der Waals surface area contributed by atoms with Crippen LogP contribution < -0.4 is 0 Å². The SMILES string of the molecule is CSc1ccc(C(O)c2ccc(Br)c(Cl)c2F)cc1. The summed E-state index contributed by atoms with van der Waals surface area (Å²) in [7, 11) is 0. The molecule has 0 saturated heterocycles. The van der Waals surface area contributed by atoms with Gasteiger partial charge in [-0.3, -0.25) is 0 Å². The Kier molecular flexibility index (Phi) is 4.90. The molecule has 1 N–H and O–H groups in total. The van der Waals surface area contributed by atoms with Gasteiger partial charge in [0.2, 0.25) is 0 Å². The highest BCUT2D eigenvalue weighted by atomic mass is 79.9. The van der Waals surface area contributed by atoms with Gasteiger partial charge in [-0.05, 0) is 45.9 Å². The van der Waals surface area contributed by atoms with Gasteiger partial charge in [0.15, 0.2) is 0 Å². The third-order valence-corrected chi connectivity index (χ3v) is 4.79. The Labute approximate surface area is 128 Å². The second kappa shape index (κ2) is 6.27. The monoisotopic (exact) mass is 360 g/mol. The fourth-order valence-electron chi connectivity index (χ4n) is 1.72. The van der Waals surface area contributed by atoms with Crippen LogP contribution >= 0.6 is 39.3 Å². The summed E-state index contributed by atoms with van der Waals surface area (Å²) in [5, 5.41) is 10.2. The van der Waals surface area contributed by atoms with Crippen molar-refractivity contribution in [3.05, 3.63) is 62.8 Å². The number of halogens is 3. The summed E-state index contributed by atoms with van der Waals surface area (Å²) in [6.45, 7) is 0. The van der Waals surface area contributed by atoms with Crippen LogP contribution in [0.4, 0.5) is 4.39 Å². The number of rotatable bonds is 3. The molecule has 100 valence electrons. The molecule has 0 spiro atoms. The summed E-state index contributed by atoms with van der Waals surface area (Å²) in [5.41, 5.74) is 0.806. The molecule has 0 aliphatic carbocycles. The van der Waals surface area contributed by atoms with Crippen molar-refractivity contribution in [1.29, 1.82) is 0 Å². The Morgan fingerprint density at radius 3 is 2.42 bits per heavy atom. The van der Waals surface area contributed by atoms with E-state index in [0.717, 1.165) is 4.90 Å². The Morgan fingerprint density at radius 1 is 1.21 bits per heavy atom. The Morgan fingerprint density at radius 2 is 1.84 bits per heavy atom. The lowest BCUT2D eigenvalue weighted by molar-refractivity contribution is 0.215. The molecule has 2 aromatic carbocycles. The van der Waals surface area contributed by atoms with Gasteiger partial charge in [0.1, 0.15) is 11.9 Å². The van der Waals surface area contributed by atoms with Gasteiger partial charge >= 0.3 is 0 Å². The summed E-state index contributed by atoms with van der Waals surface area (Å²) in [6.07, 6.45) is 0.945. The molecule has 2 rings (SSSR count). The molecule has 0 fully saturated rings. The van der Waals surface area contributed by atoms with E-state index in [-0.39, 0.29) is 10.6 Å². The lowest BCUT2D eigenvalue weighted by atomic mass is 10.0. The van der Waals surface area contributed by atoms with Gasteiger partial charge in [0.25, 0.3) is 0 Å². The van der Waals surface area contributed by atoms with E-state index in [2.05, 4.69) is 15.9 Å². The van der Waals surface area contributed by atoms with E-state index in [1.807, 2.05) is 18.4 Å². The summed E-state index contributed by atoms with van der Waals surface area (Å²) >= 11 is 10.6. The van der Waals surface area contributed by atoms with Crippen LogP contribution in [0.3, 0.4) is 0 Å². The van der Waals surface area contributed by atoms with Gasteiger partial charge in [-0.25, -0.2) is 4.39 Å². The fraction of sp³-hybridized carbons (Fsp3) is 0.143. The zero-order valence-corrected chi connectivity index (χ0v) is 13.2. The highest BCUT2D eigenvalue weighted by molar-refractivity contribution is 9.10. The molecule has 0 radical (unpaired) electrons. The van der Waals surface area contributed by atoms with Crippen molar-refractivity contribution in [2.45, 2.75) is 11.0 Å². The molecule has 0 heterocycles. The summed E-state index contributed by atoms with van der Waals surface area (Å²) < 4.78 is 14.5. The molecule has 0 aromatic heterocycles. The molecule has 0 bridgehead atoms. The largest absolute Gasteiger partial charge is 0.384 e. The first-order valence-corrected chi connectivity index (χ1v) is 7.89. The minimum Gasteiger partial charge on any atom is -0.384 e. The summed E-state index contributed by atoms with van der Waals surface area (Å²) in [6, 6.07) is 10.5. The van der Waals surface area contributed by atoms with Crippen LogP contribution in [0.15, 0.2) is 45.8 Å². The topological polar surface area (TPSA) is 20.2 Å². The first kappa shape index (κ1) is 14.9. The molecule has 1 unspecified atom stereocenters. The first-order chi connectivity index (χ1) is 9.04. The maximum Gasteiger partial charge on any atom is 0.149 e. The lowest BCUT2D eigenvalue weighted by Crippen LogP contribution is -2.03. The zero-order valence-electron chi connectivity index (χ0n) is 10.0. The quantitative estimate of drug-likeness (QED) is 0.610. The second-order valence-electron chi connectivity index (χ2n) is 3.94. The van der Waals surface area contributed by atoms with Crippen molar-refractivity contribution in [1.82, 2.24) is 0 Å². The number of aliphatic hydroxyl groups is 1. The number of benzene rings is 2. The molecule has 2 aromatic rings. The number of aliphatic hydroxyl groups excluding tert-OH is 1. The summed E-state index contributed by atoms with van der Waals surface area (Å²) in [5.74, 6) is -0.600. The fourth-order valence-corrected chi connectivity index (χ4v) is 2.60. The van der Waals surface area contributed by atoms with Gasteiger partial charge in [0, 0.05) is 14.9 Å². The van der Waals surface area contributed by atoms with E-state index >= 15 is 0 Å². The molecule has 5 heteroatoms. The van der Waals surface area contributed by atoms with Crippen molar-refractivity contribution in [3.63, 3.8) is 0 Å². The van der Waals surface area contributed by atoms with Crippen molar-refractivity contribution >= 4 is 39.3 Å². The molecule has 0 saturated carbocycles. The first-order valence-electron chi connectivity index (χ1n) is 5.50. The maximum atomic E-state index is 14.0. The lowest BCUT2D eigenvalue weighted by Gasteiger charge is -2.14. The molecular formula is C14H11BrClFOS. The normalized spacial score (nSPS) is 12.5. The number of hydrogen-bond donors (Lipinski definition) is 1. The highest BCUT2D eigenvalue weighted by Crippen LogP contribution is 2.33. The van der Waals surface area contributed by atoms with Crippen LogP contribution in [0, 0.1) is 5.82 Å². The van der Waals surface area contributed by atoms with Crippen LogP contribution in [0.2, 0.25) is 5.02 Å². The highest BCUT2D eigenvalue weighted by Gasteiger charge is 2.18. The molecule has 0 aliphatic heterocycles. The standard InChI is InChI=1S/C14H11BrClFOS/c1-19-9-4-2-8(3-5-9)14(18)10-6-7-11(15)12(16)13(10)17/h2-7,14,18H,1H3.